The summed E-state index contributed by atoms with van der Waals surface area (Å²) in [5, 5.41) is 9.18. The van der Waals surface area contributed by atoms with Crippen LogP contribution in [0.15, 0.2) is 65.6 Å². The van der Waals surface area contributed by atoms with E-state index in [-0.39, 0.29) is 5.56 Å². The number of carbonyl (C=O) groups excluding carboxylic acids is 1. The predicted octanol–water partition coefficient (Wildman–Crippen LogP) is 5.22. The molecule has 0 spiro atoms. The van der Waals surface area contributed by atoms with E-state index in [1.54, 1.807) is 36.0 Å². The first-order valence-electron chi connectivity index (χ1n) is 10.6. The predicted molar refractivity (Wildman–Crippen MR) is 130 cm³/mol. The highest BCUT2D eigenvalue weighted by Gasteiger charge is 2.14. The summed E-state index contributed by atoms with van der Waals surface area (Å²) < 4.78 is 15.1. The molecular weight excluding hydrogens is 421 g/mol. The Labute approximate surface area is 190 Å². The van der Waals surface area contributed by atoms with Gasteiger partial charge < -0.3 is 20.5 Å². The highest BCUT2D eigenvalue weighted by molar-refractivity contribution is 6.00. The van der Waals surface area contributed by atoms with Gasteiger partial charge in [-0.05, 0) is 61.4 Å². The second-order valence-electron chi connectivity index (χ2n) is 7.60. The number of hydrogen-bond acceptors (Lipinski definition) is 4. The maximum atomic E-state index is 13.4. The van der Waals surface area contributed by atoms with Crippen LogP contribution in [0.1, 0.15) is 12.5 Å². The van der Waals surface area contributed by atoms with Crippen molar-refractivity contribution in [2.45, 2.75) is 20.4 Å². The van der Waals surface area contributed by atoms with Gasteiger partial charge in [0.1, 0.15) is 11.6 Å². The van der Waals surface area contributed by atoms with E-state index in [0.29, 0.717) is 34.9 Å². The van der Waals surface area contributed by atoms with E-state index in [0.717, 1.165) is 16.5 Å². The van der Waals surface area contributed by atoms with E-state index in [1.165, 1.54) is 18.2 Å². The van der Waals surface area contributed by atoms with Gasteiger partial charge in [-0.25, -0.2) is 14.2 Å². The minimum Gasteiger partial charge on any atom is -0.373 e. The van der Waals surface area contributed by atoms with E-state index in [2.05, 4.69) is 20.9 Å². The molecule has 8 heteroatoms. The molecule has 0 unspecified atom stereocenters. The van der Waals surface area contributed by atoms with Gasteiger partial charge in [0.25, 0.3) is 5.56 Å². The van der Waals surface area contributed by atoms with E-state index in [9.17, 15) is 14.0 Å². The molecule has 4 rings (SSSR count). The second kappa shape index (κ2) is 9.12. The molecule has 0 aliphatic rings. The molecule has 0 saturated heterocycles. The van der Waals surface area contributed by atoms with Gasteiger partial charge in [0.15, 0.2) is 0 Å². The zero-order chi connectivity index (χ0) is 23.5. The molecule has 2 heterocycles. The summed E-state index contributed by atoms with van der Waals surface area (Å²) in [6.07, 6.45) is 1.74. The minimum absolute atomic E-state index is 0.122. The maximum absolute atomic E-state index is 13.4. The highest BCUT2D eigenvalue weighted by atomic mass is 19.1. The summed E-state index contributed by atoms with van der Waals surface area (Å²) in [6.45, 7) is 4.34. The average molecular weight is 445 g/mol. The third-order valence-corrected chi connectivity index (χ3v) is 5.42. The van der Waals surface area contributed by atoms with Crippen LogP contribution >= 0.6 is 0 Å². The maximum Gasteiger partial charge on any atom is 0.323 e. The molecular formula is C25H24FN5O2. The quantitative estimate of drug-likeness (QED) is 0.393. The second-order valence-corrected chi connectivity index (χ2v) is 7.60. The molecule has 3 N–H and O–H groups in total. The number of hydrogen-bond donors (Lipinski definition) is 3. The third kappa shape index (κ3) is 4.55. The van der Waals surface area contributed by atoms with Crippen LogP contribution in [-0.2, 0) is 6.54 Å². The van der Waals surface area contributed by atoms with E-state index >= 15 is 0 Å². The number of aryl methyl sites for hydroxylation is 2. The number of aromatic nitrogens is 2. The number of rotatable bonds is 5. The first-order valence-corrected chi connectivity index (χ1v) is 10.6. The number of anilines is 3. The summed E-state index contributed by atoms with van der Waals surface area (Å²) >= 11 is 0. The van der Waals surface area contributed by atoms with Gasteiger partial charge in [0, 0.05) is 48.2 Å². The molecule has 0 atom stereocenters. The van der Waals surface area contributed by atoms with Gasteiger partial charge in [-0.1, -0.05) is 12.1 Å². The molecule has 7 nitrogen and oxygen atoms in total. The Morgan fingerprint density at radius 3 is 2.48 bits per heavy atom. The Kier molecular flexibility index (Phi) is 6.08. The van der Waals surface area contributed by atoms with Gasteiger partial charge in [-0.2, -0.15) is 0 Å². The number of carbonyl (C=O) groups is 1. The Hall–Kier alpha value is -4.20. The number of halogens is 1. The molecule has 0 saturated carbocycles. The van der Waals surface area contributed by atoms with Crippen molar-refractivity contribution in [2.75, 3.05) is 23.0 Å². The fraction of sp³-hybridized carbons (Fsp3) is 0.160. The standard InChI is InChI=1S/C25H24FN5O2/c1-4-31-22-13-23(27-3)28-14-16(22)10-21(24(31)32)20-12-19(9-8-15(20)2)30-25(33)29-18-7-5-6-17(26)11-18/h5-14H,4H2,1-3H3,(H,27,28)(H2,29,30,33). The molecule has 4 aromatic rings. The van der Waals surface area contributed by atoms with Crippen molar-refractivity contribution in [3.05, 3.63) is 82.5 Å². The largest absolute Gasteiger partial charge is 0.373 e. The van der Waals surface area contributed by atoms with Crippen molar-refractivity contribution in [3.8, 4) is 11.1 Å². The first kappa shape index (κ1) is 22.0. The molecule has 2 amide bonds. The number of fused-ring (bicyclic) bond motifs is 1. The van der Waals surface area contributed by atoms with Gasteiger partial charge >= 0.3 is 6.03 Å². The number of nitrogens with zero attached hydrogens (tertiary/aromatic N) is 2. The van der Waals surface area contributed by atoms with Crippen LogP contribution in [0, 0.1) is 12.7 Å². The van der Waals surface area contributed by atoms with Crippen LogP contribution in [0.25, 0.3) is 22.0 Å². The Bertz CT molecular complexity index is 1410. The van der Waals surface area contributed by atoms with Crippen LogP contribution in [0.2, 0.25) is 0 Å². The van der Waals surface area contributed by atoms with Crippen LogP contribution < -0.4 is 21.5 Å². The lowest BCUT2D eigenvalue weighted by molar-refractivity contribution is 0.262. The van der Waals surface area contributed by atoms with Crippen molar-refractivity contribution in [1.82, 2.24) is 9.55 Å². The Morgan fingerprint density at radius 1 is 1.03 bits per heavy atom. The first-order chi connectivity index (χ1) is 15.9. The van der Waals surface area contributed by atoms with Crippen LogP contribution in [-0.4, -0.2) is 22.6 Å². The Morgan fingerprint density at radius 2 is 1.79 bits per heavy atom. The van der Waals surface area contributed by atoms with Crippen molar-refractivity contribution in [1.29, 1.82) is 0 Å². The van der Waals surface area contributed by atoms with Crippen LogP contribution in [0.3, 0.4) is 0 Å². The van der Waals surface area contributed by atoms with Crippen molar-refractivity contribution >= 4 is 34.1 Å². The van der Waals surface area contributed by atoms with Crippen LogP contribution in [0.5, 0.6) is 0 Å². The number of pyridine rings is 2. The fourth-order valence-corrected chi connectivity index (χ4v) is 3.77. The summed E-state index contributed by atoms with van der Waals surface area (Å²) in [7, 11) is 1.78. The summed E-state index contributed by atoms with van der Waals surface area (Å²) in [5.41, 5.74) is 3.66. The lowest BCUT2D eigenvalue weighted by Gasteiger charge is -2.15. The SMILES string of the molecule is CCn1c(=O)c(-c2cc(NC(=O)Nc3cccc(F)c3)ccc2C)cc2cnc(NC)cc21. The molecule has 168 valence electrons. The summed E-state index contributed by atoms with van der Waals surface area (Å²) in [6, 6.07) is 14.2. The van der Waals surface area contributed by atoms with Gasteiger partial charge in [-0.15, -0.1) is 0 Å². The molecule has 2 aromatic heterocycles. The lowest BCUT2D eigenvalue weighted by Crippen LogP contribution is -2.22. The van der Waals surface area contributed by atoms with Gasteiger partial charge in [-0.3, -0.25) is 4.79 Å². The average Bonchev–Trinajstić information content (AvgIpc) is 2.79. The molecule has 0 bridgehead atoms. The van der Waals surface area contributed by atoms with E-state index in [4.69, 9.17) is 0 Å². The molecule has 0 aliphatic carbocycles. The Balaban J connectivity index is 1.71. The number of nitrogens with one attached hydrogen (secondary N) is 3. The minimum atomic E-state index is -0.510. The van der Waals surface area contributed by atoms with Gasteiger partial charge in [0.05, 0.1) is 5.52 Å². The molecule has 0 radical (unpaired) electrons. The highest BCUT2D eigenvalue weighted by Crippen LogP contribution is 2.27. The topological polar surface area (TPSA) is 88.1 Å². The molecule has 33 heavy (non-hydrogen) atoms. The zero-order valence-corrected chi connectivity index (χ0v) is 18.6. The normalized spacial score (nSPS) is 10.8. The third-order valence-electron chi connectivity index (χ3n) is 5.42. The molecule has 0 aliphatic heterocycles. The van der Waals surface area contributed by atoms with Gasteiger partial charge in [0.2, 0.25) is 0 Å². The lowest BCUT2D eigenvalue weighted by atomic mass is 9.99. The van der Waals surface area contributed by atoms with Crippen LogP contribution in [0.4, 0.5) is 26.4 Å². The summed E-state index contributed by atoms with van der Waals surface area (Å²) in [5.74, 6) is 0.244. The molecule has 2 aromatic carbocycles. The van der Waals surface area contributed by atoms with E-state index in [1.807, 2.05) is 32.0 Å². The number of benzene rings is 2. The molecule has 0 fully saturated rings. The van der Waals surface area contributed by atoms with Crippen molar-refractivity contribution in [2.24, 2.45) is 0 Å². The van der Waals surface area contributed by atoms with Crippen molar-refractivity contribution in [3.63, 3.8) is 0 Å². The van der Waals surface area contributed by atoms with Crippen molar-refractivity contribution < 1.29 is 9.18 Å². The smallest absolute Gasteiger partial charge is 0.323 e. The number of amides is 2. The monoisotopic (exact) mass is 445 g/mol. The summed E-state index contributed by atoms with van der Waals surface area (Å²) in [4.78, 5) is 30.1. The fourth-order valence-electron chi connectivity index (χ4n) is 3.77. The van der Waals surface area contributed by atoms with E-state index < -0.39 is 11.8 Å². The number of urea groups is 1. The zero-order valence-electron chi connectivity index (χ0n) is 18.6.